The van der Waals surface area contributed by atoms with Crippen molar-refractivity contribution in [1.29, 1.82) is 0 Å². The highest BCUT2D eigenvalue weighted by atomic mass is 19.4. The third-order valence-corrected chi connectivity index (χ3v) is 2.52. The van der Waals surface area contributed by atoms with Crippen molar-refractivity contribution in [1.82, 2.24) is 0 Å². The van der Waals surface area contributed by atoms with Gasteiger partial charge < -0.3 is 14.2 Å². The van der Waals surface area contributed by atoms with E-state index < -0.39 is 37.0 Å². The van der Waals surface area contributed by atoms with Gasteiger partial charge in [-0.2, -0.15) is 26.3 Å². The smallest absolute Gasteiger partial charge is 0.491 e. The molecule has 1 aromatic rings. The van der Waals surface area contributed by atoms with E-state index in [-0.39, 0.29) is 11.3 Å². The fraction of sp³-hybridized carbons (Fsp3) is 0.385. The quantitative estimate of drug-likeness (QED) is 0.459. The topological polar surface area (TPSA) is 61.8 Å². The molecule has 0 saturated heterocycles. The van der Waals surface area contributed by atoms with E-state index in [0.717, 1.165) is 0 Å². The molecule has 0 atom stereocenters. The van der Waals surface area contributed by atoms with Gasteiger partial charge in [-0.3, -0.25) is 0 Å². The Kier molecular flexibility index (Phi) is 6.04. The van der Waals surface area contributed by atoms with Crippen molar-refractivity contribution in [2.75, 3.05) is 7.11 Å². The van der Waals surface area contributed by atoms with E-state index in [4.69, 9.17) is 4.74 Å². The van der Waals surface area contributed by atoms with E-state index in [9.17, 15) is 35.9 Å². The van der Waals surface area contributed by atoms with Crippen LogP contribution in [0.1, 0.15) is 5.56 Å². The zero-order valence-electron chi connectivity index (χ0n) is 11.9. The highest BCUT2D eigenvalue weighted by molar-refractivity contribution is 5.77. The summed E-state index contributed by atoms with van der Waals surface area (Å²) in [5, 5.41) is 0. The van der Waals surface area contributed by atoms with Crippen LogP contribution in [0.3, 0.4) is 0 Å². The molecule has 11 heteroatoms. The van der Waals surface area contributed by atoms with Crippen LogP contribution < -0.4 is 4.74 Å². The number of rotatable bonds is 5. The predicted octanol–water partition coefficient (Wildman–Crippen LogP) is 2.77. The molecule has 0 amide bonds. The summed E-state index contributed by atoms with van der Waals surface area (Å²) in [5.74, 6) is -5.50. The predicted molar refractivity (Wildman–Crippen MR) is 64.8 cm³/mol. The van der Waals surface area contributed by atoms with Gasteiger partial charge >= 0.3 is 24.3 Å². The summed E-state index contributed by atoms with van der Waals surface area (Å²) in [6.45, 7) is 0. The summed E-state index contributed by atoms with van der Waals surface area (Å²) in [6.07, 6.45) is -14.1. The number of carbonyl (C=O) groups is 2. The van der Waals surface area contributed by atoms with Gasteiger partial charge in [-0.15, -0.1) is 0 Å². The summed E-state index contributed by atoms with van der Waals surface area (Å²) >= 11 is 0. The van der Waals surface area contributed by atoms with Crippen LogP contribution in [0.4, 0.5) is 26.3 Å². The molecule has 0 bridgehead atoms. The van der Waals surface area contributed by atoms with Gasteiger partial charge in [0.1, 0.15) is 5.75 Å². The minimum Gasteiger partial charge on any atom is -0.496 e. The van der Waals surface area contributed by atoms with Crippen LogP contribution >= 0.6 is 0 Å². The summed E-state index contributed by atoms with van der Waals surface area (Å²) in [6, 6.07) is 5.55. The lowest BCUT2D eigenvalue weighted by Gasteiger charge is -2.20. The monoisotopic (exact) mass is 360 g/mol. The molecule has 0 aliphatic heterocycles. The van der Waals surface area contributed by atoms with E-state index >= 15 is 0 Å². The highest BCUT2D eigenvalue weighted by Crippen LogP contribution is 2.25. The first-order valence-corrected chi connectivity index (χ1v) is 6.12. The van der Waals surface area contributed by atoms with Crippen molar-refractivity contribution in [2.45, 2.75) is 25.1 Å². The number of carbonyl (C=O) groups excluding carboxylic acids is 2. The Bertz CT molecular complexity index is 567. The van der Waals surface area contributed by atoms with Crippen LogP contribution in [-0.4, -0.2) is 37.7 Å². The van der Waals surface area contributed by atoms with Crippen molar-refractivity contribution in [3.05, 3.63) is 29.8 Å². The maximum atomic E-state index is 12.2. The van der Waals surface area contributed by atoms with Gasteiger partial charge in [0, 0.05) is 5.56 Å². The maximum absolute atomic E-state index is 12.2. The van der Waals surface area contributed by atoms with Crippen LogP contribution in [0, 0.1) is 0 Å². The van der Waals surface area contributed by atoms with E-state index in [1.165, 1.54) is 31.4 Å². The molecule has 0 saturated carbocycles. The molecule has 0 heterocycles. The Morgan fingerprint density at radius 1 is 0.958 bits per heavy atom. The van der Waals surface area contributed by atoms with Gasteiger partial charge in [-0.25, -0.2) is 9.59 Å². The van der Waals surface area contributed by atoms with Crippen molar-refractivity contribution in [3.8, 4) is 5.75 Å². The van der Waals surface area contributed by atoms with Crippen LogP contribution in [0.15, 0.2) is 24.3 Å². The number of esters is 2. The summed E-state index contributed by atoms with van der Waals surface area (Å²) in [7, 11) is 1.21. The molecule has 0 N–H and O–H groups in total. The number of para-hydroxylation sites is 1. The molecule has 0 aliphatic carbocycles. The third-order valence-electron chi connectivity index (χ3n) is 2.52. The Morgan fingerprint density at radius 3 is 1.83 bits per heavy atom. The van der Waals surface area contributed by atoms with E-state index in [1.54, 1.807) is 0 Å². The number of benzene rings is 1. The minimum atomic E-state index is -5.47. The molecule has 1 rings (SSSR count). The van der Waals surface area contributed by atoms with Gasteiger partial charge in [-0.05, 0) is 6.07 Å². The number of methoxy groups -OCH3 is 1. The van der Waals surface area contributed by atoms with Gasteiger partial charge in [0.15, 0.2) is 0 Å². The average molecular weight is 360 g/mol. The van der Waals surface area contributed by atoms with Crippen molar-refractivity contribution in [2.24, 2.45) is 0 Å². The lowest BCUT2D eigenvalue weighted by atomic mass is 10.1. The van der Waals surface area contributed by atoms with Gasteiger partial charge in [0.05, 0.1) is 13.5 Å². The molecule has 0 unspecified atom stereocenters. The number of ether oxygens (including phenoxy) is 3. The zero-order chi connectivity index (χ0) is 18.5. The molecule has 0 aliphatic rings. The van der Waals surface area contributed by atoms with Crippen LogP contribution in [0.5, 0.6) is 5.75 Å². The SMILES string of the molecule is COc1ccccc1CC(OC(=O)C(F)(F)F)OC(=O)C(F)(F)F. The lowest BCUT2D eigenvalue weighted by molar-refractivity contribution is -0.240. The highest BCUT2D eigenvalue weighted by Gasteiger charge is 2.46. The fourth-order valence-electron chi connectivity index (χ4n) is 1.53. The molecule has 1 aromatic carbocycles. The second kappa shape index (κ2) is 7.41. The molecular weight excluding hydrogens is 350 g/mol. The molecular formula is C13H10F6O5. The largest absolute Gasteiger partial charge is 0.496 e. The number of hydrogen-bond donors (Lipinski definition) is 0. The van der Waals surface area contributed by atoms with E-state index in [0.29, 0.717) is 0 Å². The molecule has 24 heavy (non-hydrogen) atoms. The second-order valence-electron chi connectivity index (χ2n) is 4.25. The first-order chi connectivity index (χ1) is 10.9. The zero-order valence-corrected chi connectivity index (χ0v) is 11.9. The van der Waals surface area contributed by atoms with Crippen molar-refractivity contribution in [3.63, 3.8) is 0 Å². The fourth-order valence-corrected chi connectivity index (χ4v) is 1.53. The molecule has 0 fully saturated rings. The summed E-state index contributed by atoms with van der Waals surface area (Å²) in [5.41, 5.74) is 0.0648. The van der Waals surface area contributed by atoms with E-state index in [1.807, 2.05) is 0 Å². The molecule has 0 aromatic heterocycles. The standard InChI is InChI=1S/C13H10F6O5/c1-22-8-5-3-2-4-7(8)6-9(23-10(20)12(14,15)16)24-11(21)13(17,18)19/h2-5,9H,6H2,1H3. The average Bonchev–Trinajstić information content (AvgIpc) is 2.45. The number of hydrogen-bond acceptors (Lipinski definition) is 5. The molecule has 0 radical (unpaired) electrons. The van der Waals surface area contributed by atoms with E-state index in [2.05, 4.69) is 9.47 Å². The van der Waals surface area contributed by atoms with Crippen LogP contribution in [0.2, 0.25) is 0 Å². The second-order valence-corrected chi connectivity index (χ2v) is 4.25. The molecule has 5 nitrogen and oxygen atoms in total. The van der Waals surface area contributed by atoms with Crippen molar-refractivity contribution < 1.29 is 50.1 Å². The molecule has 0 spiro atoms. The van der Waals surface area contributed by atoms with Gasteiger partial charge in [0.25, 0.3) is 6.29 Å². The Labute approximate surface area is 131 Å². The Morgan fingerprint density at radius 2 is 1.42 bits per heavy atom. The van der Waals surface area contributed by atoms with Crippen LogP contribution in [-0.2, 0) is 25.5 Å². The summed E-state index contributed by atoms with van der Waals surface area (Å²) in [4.78, 5) is 21.6. The Balaban J connectivity index is 3.00. The first kappa shape index (κ1) is 19.6. The van der Waals surface area contributed by atoms with Gasteiger partial charge in [-0.1, -0.05) is 18.2 Å². The third kappa shape index (κ3) is 5.63. The number of alkyl halides is 6. The lowest BCUT2D eigenvalue weighted by Crippen LogP contribution is -2.37. The van der Waals surface area contributed by atoms with Gasteiger partial charge in [0.2, 0.25) is 0 Å². The first-order valence-electron chi connectivity index (χ1n) is 6.12. The van der Waals surface area contributed by atoms with Crippen LogP contribution in [0.25, 0.3) is 0 Å². The number of halogens is 6. The van der Waals surface area contributed by atoms with Crippen molar-refractivity contribution >= 4 is 11.9 Å². The Hall–Kier alpha value is -2.46. The normalized spacial score (nSPS) is 12.0. The summed E-state index contributed by atoms with van der Waals surface area (Å²) < 4.78 is 85.7. The molecule has 134 valence electrons. The maximum Gasteiger partial charge on any atom is 0.491 e. The minimum absolute atomic E-state index is 0.0648.